The van der Waals surface area contributed by atoms with Crippen molar-refractivity contribution in [3.63, 3.8) is 0 Å². The van der Waals surface area contributed by atoms with Gasteiger partial charge in [0.2, 0.25) is 5.91 Å². The van der Waals surface area contributed by atoms with Crippen molar-refractivity contribution in [2.45, 2.75) is 84.0 Å². The van der Waals surface area contributed by atoms with Crippen molar-refractivity contribution in [2.75, 3.05) is 13.7 Å². The van der Waals surface area contributed by atoms with Crippen LogP contribution in [0.3, 0.4) is 0 Å². The summed E-state index contributed by atoms with van der Waals surface area (Å²) in [7, 11) is 1.56. The average Bonchev–Trinajstić information content (AvgIpc) is 3.03. The maximum Gasteiger partial charge on any atom is 0.343 e. The van der Waals surface area contributed by atoms with Crippen LogP contribution in [0, 0.1) is 0 Å². The molecule has 0 atom stereocenters. The number of amides is 2. The summed E-state index contributed by atoms with van der Waals surface area (Å²) in [5, 5.41) is 8.47. The molecule has 3 aromatic rings. The van der Waals surface area contributed by atoms with E-state index in [0.29, 0.717) is 29.0 Å². The minimum Gasteiger partial charge on any atom is -0.497 e. The molecule has 0 saturated carbocycles. The van der Waals surface area contributed by atoms with Crippen LogP contribution in [-0.4, -0.2) is 37.7 Å². The Morgan fingerprint density at radius 3 is 2.09 bits per heavy atom. The molecule has 0 aliphatic heterocycles. The van der Waals surface area contributed by atoms with E-state index < -0.39 is 11.9 Å². The zero-order valence-electron chi connectivity index (χ0n) is 25.5. The first kappa shape index (κ1) is 33.3. The van der Waals surface area contributed by atoms with E-state index in [1.807, 2.05) is 30.3 Å². The van der Waals surface area contributed by atoms with Gasteiger partial charge in [-0.05, 0) is 47.5 Å². The fourth-order valence-corrected chi connectivity index (χ4v) is 4.81. The Bertz CT molecular complexity index is 1340. The topological polar surface area (TPSA) is 106 Å². The molecule has 3 rings (SSSR count). The summed E-state index contributed by atoms with van der Waals surface area (Å²) in [5.41, 5.74) is 3.36. The molecule has 2 amide bonds. The van der Waals surface area contributed by atoms with Crippen molar-refractivity contribution in [1.29, 1.82) is 0 Å². The van der Waals surface area contributed by atoms with Crippen molar-refractivity contribution < 1.29 is 23.9 Å². The number of nitrogens with zero attached hydrogens (tertiary/aromatic N) is 1. The zero-order chi connectivity index (χ0) is 30.7. The number of hydrogen-bond acceptors (Lipinski definition) is 6. The van der Waals surface area contributed by atoms with Gasteiger partial charge in [0.1, 0.15) is 11.5 Å². The summed E-state index contributed by atoms with van der Waals surface area (Å²) in [6.45, 7) is 2.07. The first-order valence-electron chi connectivity index (χ1n) is 15.5. The van der Waals surface area contributed by atoms with Crippen molar-refractivity contribution >= 4 is 34.8 Å². The summed E-state index contributed by atoms with van der Waals surface area (Å²) in [5.74, 6) is -0.177. The second kappa shape index (κ2) is 19.1. The minimum absolute atomic E-state index is 0.142. The number of methoxy groups -OCH3 is 1. The molecule has 3 aromatic carbocycles. The number of esters is 1. The Hall–Kier alpha value is -4.20. The molecule has 0 aliphatic carbocycles. The predicted molar refractivity (Wildman–Crippen MR) is 172 cm³/mol. The quantitative estimate of drug-likeness (QED) is 0.0502. The number of benzene rings is 3. The van der Waals surface area contributed by atoms with Crippen molar-refractivity contribution in [3.8, 4) is 11.5 Å². The molecule has 0 unspecified atom stereocenters. The molecule has 0 saturated heterocycles. The largest absolute Gasteiger partial charge is 0.497 e. The monoisotopic (exact) mass is 587 g/mol. The maximum atomic E-state index is 12.8. The van der Waals surface area contributed by atoms with Crippen LogP contribution in [0.15, 0.2) is 65.8 Å². The summed E-state index contributed by atoms with van der Waals surface area (Å²) in [6.07, 6.45) is 15.3. The van der Waals surface area contributed by atoms with Gasteiger partial charge in [-0.2, -0.15) is 5.10 Å². The van der Waals surface area contributed by atoms with E-state index in [1.165, 1.54) is 57.6 Å². The molecule has 0 aromatic heterocycles. The summed E-state index contributed by atoms with van der Waals surface area (Å²) >= 11 is 0. The van der Waals surface area contributed by atoms with Crippen LogP contribution >= 0.6 is 0 Å². The average molecular weight is 588 g/mol. The first-order valence-corrected chi connectivity index (χ1v) is 15.5. The molecular weight excluding hydrogens is 542 g/mol. The number of hydrazone groups is 1. The minimum atomic E-state index is -0.530. The number of fused-ring (bicyclic) bond motifs is 1. The van der Waals surface area contributed by atoms with Crippen LogP contribution in [-0.2, 0) is 9.59 Å². The van der Waals surface area contributed by atoms with E-state index in [4.69, 9.17) is 9.47 Å². The highest BCUT2D eigenvalue weighted by Gasteiger charge is 2.14. The highest BCUT2D eigenvalue weighted by atomic mass is 16.5. The molecule has 0 bridgehead atoms. The molecule has 43 heavy (non-hydrogen) atoms. The fourth-order valence-electron chi connectivity index (χ4n) is 4.81. The molecule has 0 fully saturated rings. The number of hydrogen-bond donors (Lipinski definition) is 2. The van der Waals surface area contributed by atoms with E-state index >= 15 is 0 Å². The van der Waals surface area contributed by atoms with Gasteiger partial charge in [-0.3, -0.25) is 9.59 Å². The van der Waals surface area contributed by atoms with E-state index in [2.05, 4.69) is 22.8 Å². The number of carbonyl (C=O) groups is 3. The molecule has 0 radical (unpaired) electrons. The van der Waals surface area contributed by atoms with Crippen LogP contribution in [0.5, 0.6) is 11.5 Å². The third-order valence-corrected chi connectivity index (χ3v) is 7.30. The van der Waals surface area contributed by atoms with Gasteiger partial charge in [0, 0.05) is 12.0 Å². The van der Waals surface area contributed by atoms with E-state index in [1.54, 1.807) is 37.4 Å². The van der Waals surface area contributed by atoms with Gasteiger partial charge in [0.15, 0.2) is 0 Å². The van der Waals surface area contributed by atoms with Gasteiger partial charge in [-0.15, -0.1) is 0 Å². The number of rotatable bonds is 19. The highest BCUT2D eigenvalue weighted by molar-refractivity contribution is 6.04. The third kappa shape index (κ3) is 11.9. The molecule has 2 N–H and O–H groups in total. The lowest BCUT2D eigenvalue weighted by molar-refractivity contribution is -0.126. The lowest BCUT2D eigenvalue weighted by Gasteiger charge is -2.11. The first-order chi connectivity index (χ1) is 21.0. The molecule has 0 aliphatic rings. The van der Waals surface area contributed by atoms with E-state index in [-0.39, 0.29) is 12.5 Å². The summed E-state index contributed by atoms with van der Waals surface area (Å²) in [6, 6.07) is 17.8. The van der Waals surface area contributed by atoms with Gasteiger partial charge < -0.3 is 14.8 Å². The van der Waals surface area contributed by atoms with Gasteiger partial charge in [0.25, 0.3) is 5.91 Å². The number of nitrogens with one attached hydrogen (secondary N) is 2. The van der Waals surface area contributed by atoms with Crippen molar-refractivity contribution in [2.24, 2.45) is 5.10 Å². The van der Waals surface area contributed by atoms with Gasteiger partial charge >= 0.3 is 5.97 Å². The van der Waals surface area contributed by atoms with Crippen LogP contribution in [0.4, 0.5) is 0 Å². The van der Waals surface area contributed by atoms with E-state index in [0.717, 1.165) is 30.0 Å². The molecule has 0 spiro atoms. The van der Waals surface area contributed by atoms with Crippen LogP contribution < -0.4 is 20.2 Å². The highest BCUT2D eigenvalue weighted by Crippen LogP contribution is 2.27. The molecular formula is C35H45N3O5. The Morgan fingerprint density at radius 1 is 0.767 bits per heavy atom. The number of carbonyl (C=O) groups excluding carboxylic acids is 3. The molecule has 230 valence electrons. The van der Waals surface area contributed by atoms with Crippen LogP contribution in [0.1, 0.15) is 99.9 Å². The van der Waals surface area contributed by atoms with E-state index in [9.17, 15) is 14.4 Å². The smallest absolute Gasteiger partial charge is 0.343 e. The van der Waals surface area contributed by atoms with Gasteiger partial charge in [0.05, 0.1) is 25.4 Å². The second-order valence-electron chi connectivity index (χ2n) is 10.7. The number of unbranched alkanes of at least 4 members (excludes halogenated alkanes) is 10. The van der Waals surface area contributed by atoms with Crippen LogP contribution in [0.2, 0.25) is 0 Å². The predicted octanol–water partition coefficient (Wildman–Crippen LogP) is 7.34. The normalized spacial score (nSPS) is 11.0. The summed E-state index contributed by atoms with van der Waals surface area (Å²) < 4.78 is 10.8. The second-order valence-corrected chi connectivity index (χ2v) is 10.7. The SMILES string of the molecule is CCCCCCCCCCCCCC(=O)NCC(=O)NN=Cc1c(OC(=O)c2ccc(OC)cc2)ccc2ccccc12. The Kier molecular flexibility index (Phi) is 14.8. The van der Waals surface area contributed by atoms with Crippen molar-refractivity contribution in [1.82, 2.24) is 10.7 Å². The third-order valence-electron chi connectivity index (χ3n) is 7.30. The van der Waals surface area contributed by atoms with Gasteiger partial charge in [-0.1, -0.05) is 101 Å². The lowest BCUT2D eigenvalue weighted by atomic mass is 10.0. The maximum absolute atomic E-state index is 12.8. The van der Waals surface area contributed by atoms with Crippen LogP contribution in [0.25, 0.3) is 10.8 Å². The zero-order valence-corrected chi connectivity index (χ0v) is 25.5. The molecule has 8 nitrogen and oxygen atoms in total. The standard InChI is InChI=1S/C35H45N3O5/c1-3-4-5-6-7-8-9-10-11-12-13-18-33(39)36-26-34(40)38-37-25-31-30-17-15-14-16-27(30)21-24-32(31)43-35(41)28-19-22-29(42-2)23-20-28/h14-17,19-25H,3-13,18,26H2,1-2H3,(H,36,39)(H,38,40). The Balaban J connectivity index is 1.43. The van der Waals surface area contributed by atoms with Crippen molar-refractivity contribution in [3.05, 3.63) is 71.8 Å². The number of ether oxygens (including phenoxy) is 2. The van der Waals surface area contributed by atoms with Gasteiger partial charge in [-0.25, -0.2) is 10.2 Å². The lowest BCUT2D eigenvalue weighted by Crippen LogP contribution is -2.34. The molecule has 8 heteroatoms. The summed E-state index contributed by atoms with van der Waals surface area (Å²) in [4.78, 5) is 37.3. The Morgan fingerprint density at radius 2 is 1.42 bits per heavy atom. The molecule has 0 heterocycles. The fraction of sp³-hybridized carbons (Fsp3) is 0.429. The Labute approximate surface area is 255 Å².